The molecule has 5 N–H and O–H groups in total. The van der Waals surface area contributed by atoms with E-state index in [0.29, 0.717) is 41.0 Å². The molecule has 8 heteroatoms. The molecule has 4 fully saturated rings. The molecule has 1 aromatic rings. The third-order valence-electron chi connectivity index (χ3n) is 15.2. The van der Waals surface area contributed by atoms with Crippen LogP contribution in [0.15, 0.2) is 52.7 Å². The van der Waals surface area contributed by atoms with Crippen LogP contribution >= 0.6 is 0 Å². The minimum atomic E-state index is -0.885. The van der Waals surface area contributed by atoms with Gasteiger partial charge in [-0.1, -0.05) is 65.0 Å². The number of rotatable bonds is 7. The van der Waals surface area contributed by atoms with Crippen LogP contribution in [-0.2, 0) is 4.79 Å². The maximum absolute atomic E-state index is 13.5. The fourth-order valence-electron chi connectivity index (χ4n) is 12.9. The number of carbonyl (C=O) groups is 2. The molecule has 5 aliphatic rings. The van der Waals surface area contributed by atoms with Crippen molar-refractivity contribution < 1.29 is 14.7 Å². The highest BCUT2D eigenvalue weighted by Crippen LogP contribution is 2.76. The number of aromatic carboxylic acids is 1. The molecule has 0 radical (unpaired) electrons. The predicted octanol–water partition coefficient (Wildman–Crippen LogP) is 7.77. The number of hydrogen-bond acceptors (Lipinski definition) is 5. The van der Waals surface area contributed by atoms with Crippen LogP contribution in [0, 0.1) is 51.2 Å². The normalized spacial score (nSPS) is 39.8. The molecule has 48 heavy (non-hydrogen) atoms. The van der Waals surface area contributed by atoms with Gasteiger partial charge in [-0.15, -0.1) is 0 Å². The summed E-state index contributed by atoms with van der Waals surface area (Å²) in [6.07, 6.45) is 12.5. The molecule has 8 nitrogen and oxygen atoms in total. The van der Waals surface area contributed by atoms with Gasteiger partial charge in [0, 0.05) is 12.3 Å². The van der Waals surface area contributed by atoms with E-state index < -0.39 is 5.97 Å². The number of amidine groups is 1. The Bertz CT molecular complexity index is 1560. The number of nitrogens with one attached hydrogen (secondary N) is 2. The summed E-state index contributed by atoms with van der Waals surface area (Å²) in [6.45, 7) is 22.8. The summed E-state index contributed by atoms with van der Waals surface area (Å²) in [4.78, 5) is 25.1. The molecular weight excluding hydrogens is 598 g/mol. The van der Waals surface area contributed by atoms with E-state index in [1.165, 1.54) is 36.8 Å². The van der Waals surface area contributed by atoms with E-state index in [9.17, 15) is 14.7 Å². The number of carboxylic acid groups (broad SMARTS) is 1. The minimum Gasteiger partial charge on any atom is -0.478 e. The molecule has 0 heterocycles. The Balaban J connectivity index is 1.32. The lowest BCUT2D eigenvalue weighted by molar-refractivity contribution is -0.219. The first kappa shape index (κ1) is 34.4. The van der Waals surface area contributed by atoms with Gasteiger partial charge in [-0.3, -0.25) is 10.2 Å². The molecular formula is C40H57N5O3. The highest BCUT2D eigenvalue weighted by atomic mass is 16.4. The molecule has 0 unspecified atom stereocenters. The van der Waals surface area contributed by atoms with Crippen molar-refractivity contribution in [1.29, 1.82) is 0 Å². The maximum atomic E-state index is 13.5. The minimum absolute atomic E-state index is 0.0268. The van der Waals surface area contributed by atoms with E-state index in [-0.39, 0.29) is 39.5 Å². The Morgan fingerprint density at radius 2 is 1.67 bits per heavy atom. The fourth-order valence-corrected chi connectivity index (χ4v) is 12.9. The highest BCUT2D eigenvalue weighted by molar-refractivity contribution is 6.00. The Kier molecular flexibility index (Phi) is 8.52. The Morgan fingerprint density at radius 3 is 2.29 bits per heavy atom. The maximum Gasteiger partial charge on any atom is 0.335 e. The number of hydrogen-bond donors (Lipinski definition) is 4. The number of fused-ring (bicyclic) bond motifs is 7. The first-order valence-electron chi connectivity index (χ1n) is 18.1. The lowest BCUT2D eigenvalue weighted by atomic mass is 9.33. The van der Waals surface area contributed by atoms with Gasteiger partial charge in [0.05, 0.1) is 12.0 Å². The van der Waals surface area contributed by atoms with Gasteiger partial charge in [-0.25, -0.2) is 4.79 Å². The number of nitrogens with two attached hydrogens (primary N) is 1. The van der Waals surface area contributed by atoms with Gasteiger partial charge in [0.25, 0.3) is 0 Å². The van der Waals surface area contributed by atoms with Crippen LogP contribution in [0.5, 0.6) is 0 Å². The van der Waals surface area contributed by atoms with Gasteiger partial charge in [0.2, 0.25) is 5.91 Å². The van der Waals surface area contributed by atoms with Crippen molar-refractivity contribution in [1.82, 2.24) is 10.7 Å². The number of hydrazone groups is 2. The van der Waals surface area contributed by atoms with Crippen molar-refractivity contribution in [3.63, 3.8) is 0 Å². The second-order valence-electron chi connectivity index (χ2n) is 17.3. The summed E-state index contributed by atoms with van der Waals surface area (Å²) in [7, 11) is 0. The van der Waals surface area contributed by atoms with Crippen molar-refractivity contribution in [2.75, 3.05) is 0 Å². The van der Waals surface area contributed by atoms with Crippen LogP contribution in [0.3, 0.4) is 0 Å². The smallest absolute Gasteiger partial charge is 0.335 e. The lowest BCUT2D eigenvalue weighted by Crippen LogP contribution is -2.68. The number of carbonyl (C=O) groups excluding carboxylic acids is 1. The molecule has 5 aliphatic carbocycles. The largest absolute Gasteiger partial charge is 0.478 e. The average Bonchev–Trinajstić information content (AvgIpc) is 3.40. The van der Waals surface area contributed by atoms with Crippen LogP contribution in [0.2, 0.25) is 0 Å². The molecule has 0 aliphatic heterocycles. The molecule has 0 bridgehead atoms. The zero-order valence-electron chi connectivity index (χ0n) is 30.0. The van der Waals surface area contributed by atoms with Crippen molar-refractivity contribution >= 4 is 30.0 Å². The van der Waals surface area contributed by atoms with Crippen molar-refractivity contribution in [2.24, 2.45) is 67.3 Å². The molecule has 0 spiro atoms. The van der Waals surface area contributed by atoms with Gasteiger partial charge >= 0.3 is 5.97 Å². The van der Waals surface area contributed by atoms with Gasteiger partial charge in [0.1, 0.15) is 0 Å². The Morgan fingerprint density at radius 1 is 0.958 bits per heavy atom. The topological polar surface area (TPSA) is 129 Å². The van der Waals surface area contributed by atoms with Crippen LogP contribution in [0.1, 0.15) is 122 Å². The summed E-state index contributed by atoms with van der Waals surface area (Å²) < 4.78 is 0. The summed E-state index contributed by atoms with van der Waals surface area (Å²) >= 11 is 0. The first-order valence-corrected chi connectivity index (χ1v) is 18.1. The van der Waals surface area contributed by atoms with E-state index in [1.54, 1.807) is 12.1 Å². The monoisotopic (exact) mass is 655 g/mol. The molecule has 0 aromatic heterocycles. The van der Waals surface area contributed by atoms with Crippen LogP contribution < -0.4 is 16.6 Å². The summed E-state index contributed by atoms with van der Waals surface area (Å²) in [6, 6.07) is 7.49. The van der Waals surface area contributed by atoms with E-state index in [1.807, 2.05) is 12.1 Å². The molecule has 6 rings (SSSR count). The Labute approximate surface area is 287 Å². The third-order valence-corrected chi connectivity index (χ3v) is 15.2. The number of nitrogens with zero attached hydrogens (tertiary/aromatic N) is 2. The summed E-state index contributed by atoms with van der Waals surface area (Å²) in [5.74, 6) is 7.29. The van der Waals surface area contributed by atoms with Crippen LogP contribution in [-0.4, -0.2) is 35.1 Å². The summed E-state index contributed by atoms with van der Waals surface area (Å²) in [5.41, 5.74) is 6.98. The third kappa shape index (κ3) is 4.98. The highest BCUT2D eigenvalue weighted by Gasteiger charge is 2.70. The summed E-state index contributed by atoms with van der Waals surface area (Å²) in [5, 5.41) is 20.4. The number of carboxylic acids is 1. The molecule has 0 saturated heterocycles. The lowest BCUT2D eigenvalue weighted by Gasteiger charge is -2.72. The van der Waals surface area contributed by atoms with Gasteiger partial charge < -0.3 is 16.3 Å². The van der Waals surface area contributed by atoms with Crippen molar-refractivity contribution in [3.8, 4) is 0 Å². The van der Waals surface area contributed by atoms with Crippen LogP contribution in [0.25, 0.3) is 5.57 Å². The van der Waals surface area contributed by atoms with Crippen molar-refractivity contribution in [2.45, 2.75) is 111 Å². The second-order valence-corrected chi connectivity index (χ2v) is 17.3. The number of benzene rings is 1. The average molecular weight is 656 g/mol. The van der Waals surface area contributed by atoms with Gasteiger partial charge in [-0.2, -0.15) is 10.2 Å². The zero-order chi connectivity index (χ0) is 34.9. The standard InChI is InChI=1S/C40H57N5O3/c1-24(2)27-15-20-40(43-33(46)23-32(44-41)45-42-8)22-21-38(6)29(34(27)40)13-14-31-37(5)18-16-28(25-9-11-26(12-10-25)35(47)48)36(3,4)30(37)17-19-39(31,38)7/h9-12,16,27,29-31,34H,1,8,13-15,17-23,41H2,2-7H3,(H,43,46)(H,44,45)(H,47,48)/t27-,29+,30-,31+,34+,37-,38+,39+,40-/m0/s1. The molecule has 1 amide bonds. The fraction of sp³-hybridized carbons (Fsp3) is 0.650. The van der Waals surface area contributed by atoms with Gasteiger partial charge in [0.15, 0.2) is 5.84 Å². The first-order chi connectivity index (χ1) is 22.6. The number of amides is 1. The van der Waals surface area contributed by atoms with E-state index in [4.69, 9.17) is 5.84 Å². The second kappa shape index (κ2) is 11.9. The van der Waals surface area contributed by atoms with Gasteiger partial charge in [-0.05, 0) is 139 Å². The predicted molar refractivity (Wildman–Crippen MR) is 193 cm³/mol. The van der Waals surface area contributed by atoms with E-state index in [0.717, 1.165) is 37.7 Å². The van der Waals surface area contributed by atoms with Crippen LogP contribution in [0.4, 0.5) is 0 Å². The molecule has 1 aromatic carbocycles. The van der Waals surface area contributed by atoms with E-state index >= 15 is 0 Å². The SMILES string of the molecule is C=NN/C(CC(=O)N[C@]12CC[C@@H](C(=C)C)[C@@H]1[C@H]1CC[C@@H]3[C@@]4(C)CC=C(c5ccc(C(=O)O)cc5)C(C)(C)[C@@H]4CC[C@@]3(C)[C@]1(C)CC2)=N\N. The molecule has 260 valence electrons. The molecule has 4 saturated carbocycles. The quantitative estimate of drug-likeness (QED) is 0.0784. The van der Waals surface area contributed by atoms with Crippen molar-refractivity contribution in [3.05, 3.63) is 53.6 Å². The zero-order valence-corrected chi connectivity index (χ0v) is 30.0. The Hall–Kier alpha value is -3.42. The van der Waals surface area contributed by atoms with E-state index in [2.05, 4.69) is 81.9 Å². The molecule has 9 atom stereocenters. The number of allylic oxidation sites excluding steroid dienone is 3.